The molecule has 2 aliphatic rings. The van der Waals surface area contributed by atoms with Gasteiger partial charge in [0.25, 0.3) is 0 Å². The minimum absolute atomic E-state index is 0.728. The molecule has 0 amide bonds. The molecule has 1 saturated heterocycles. The van der Waals surface area contributed by atoms with Crippen molar-refractivity contribution in [3.8, 4) is 0 Å². The van der Waals surface area contributed by atoms with Gasteiger partial charge >= 0.3 is 0 Å². The van der Waals surface area contributed by atoms with E-state index < -0.39 is 0 Å². The molecule has 3 nitrogen and oxygen atoms in total. The van der Waals surface area contributed by atoms with Crippen LogP contribution in [-0.4, -0.2) is 60.6 Å². The van der Waals surface area contributed by atoms with Crippen LogP contribution in [-0.2, 0) is 0 Å². The third-order valence-electron chi connectivity index (χ3n) is 5.69. The summed E-state index contributed by atoms with van der Waals surface area (Å²) in [4.78, 5) is 5.48. The van der Waals surface area contributed by atoms with E-state index in [1.54, 1.807) is 0 Å². The lowest BCUT2D eigenvalue weighted by Gasteiger charge is -2.37. The fourth-order valence-electron chi connectivity index (χ4n) is 4.51. The number of nitrogens with zero attached hydrogens (tertiary/aromatic N) is 2. The topological polar surface area (TPSA) is 18.5 Å². The predicted octanol–water partition coefficient (Wildman–Crippen LogP) is 3.10. The number of hydrogen-bond donors (Lipinski definition) is 1. The molecular formula is C18H37N3. The van der Waals surface area contributed by atoms with E-state index in [4.69, 9.17) is 0 Å². The lowest BCUT2D eigenvalue weighted by molar-refractivity contribution is 0.143. The number of likely N-dealkylation sites (N-methyl/N-ethyl adjacent to an activating group) is 2. The number of hydrogen-bond acceptors (Lipinski definition) is 3. The van der Waals surface area contributed by atoms with Gasteiger partial charge in [-0.05, 0) is 38.9 Å². The van der Waals surface area contributed by atoms with Gasteiger partial charge in [0, 0.05) is 31.2 Å². The van der Waals surface area contributed by atoms with Crippen LogP contribution in [0.4, 0.5) is 0 Å². The highest BCUT2D eigenvalue weighted by Gasteiger charge is 2.34. The largest absolute Gasteiger partial charge is 0.313 e. The molecule has 0 radical (unpaired) electrons. The molecule has 2 fully saturated rings. The highest BCUT2D eigenvalue weighted by molar-refractivity contribution is 4.92. The van der Waals surface area contributed by atoms with E-state index in [0.717, 1.165) is 24.7 Å². The molecule has 1 heterocycles. The second kappa shape index (κ2) is 9.12. The zero-order valence-electron chi connectivity index (χ0n) is 14.6. The standard InChI is InChI=1S/C18H37N3/c1-4-19-17-11-9-7-8-10-12-18(17)21-14-13-16(15-21)20(5-2)6-3/h16-19H,4-15H2,1-3H3. The van der Waals surface area contributed by atoms with Gasteiger partial charge in [-0.1, -0.05) is 46.5 Å². The van der Waals surface area contributed by atoms with E-state index in [0.29, 0.717) is 0 Å². The van der Waals surface area contributed by atoms with E-state index in [1.807, 2.05) is 0 Å². The van der Waals surface area contributed by atoms with E-state index in [-0.39, 0.29) is 0 Å². The first kappa shape index (κ1) is 17.2. The van der Waals surface area contributed by atoms with Crippen LogP contribution in [0.15, 0.2) is 0 Å². The van der Waals surface area contributed by atoms with Crippen LogP contribution in [0.3, 0.4) is 0 Å². The van der Waals surface area contributed by atoms with Crippen LogP contribution in [0.1, 0.15) is 65.7 Å². The Balaban J connectivity index is 1.96. The van der Waals surface area contributed by atoms with Gasteiger partial charge in [-0.15, -0.1) is 0 Å². The van der Waals surface area contributed by atoms with Gasteiger partial charge in [-0.25, -0.2) is 0 Å². The summed E-state index contributed by atoms with van der Waals surface area (Å²) >= 11 is 0. The third-order valence-corrected chi connectivity index (χ3v) is 5.69. The molecule has 1 aliphatic carbocycles. The van der Waals surface area contributed by atoms with E-state index in [1.165, 1.54) is 71.1 Å². The van der Waals surface area contributed by atoms with Crippen molar-refractivity contribution in [1.82, 2.24) is 15.1 Å². The first-order valence-corrected chi connectivity index (χ1v) is 9.51. The van der Waals surface area contributed by atoms with E-state index >= 15 is 0 Å². The van der Waals surface area contributed by atoms with Crippen molar-refractivity contribution in [1.29, 1.82) is 0 Å². The third kappa shape index (κ3) is 4.67. The molecule has 1 N–H and O–H groups in total. The number of nitrogens with one attached hydrogen (secondary N) is 1. The molecule has 0 aromatic heterocycles. The minimum atomic E-state index is 0.728. The normalized spacial score (nSPS) is 32.3. The van der Waals surface area contributed by atoms with Crippen molar-refractivity contribution in [3.63, 3.8) is 0 Å². The summed E-state index contributed by atoms with van der Waals surface area (Å²) in [5, 5.41) is 3.80. The quantitative estimate of drug-likeness (QED) is 0.812. The SMILES string of the molecule is CCNC1CCCCCCC1N1CCC(N(CC)CC)C1. The maximum atomic E-state index is 3.80. The Morgan fingerprint density at radius 1 is 0.952 bits per heavy atom. The van der Waals surface area contributed by atoms with Crippen molar-refractivity contribution in [2.75, 3.05) is 32.7 Å². The highest BCUT2D eigenvalue weighted by atomic mass is 15.3. The highest BCUT2D eigenvalue weighted by Crippen LogP contribution is 2.26. The summed E-state index contributed by atoms with van der Waals surface area (Å²) in [6.07, 6.45) is 9.89. The monoisotopic (exact) mass is 295 g/mol. The van der Waals surface area contributed by atoms with Crippen molar-refractivity contribution in [3.05, 3.63) is 0 Å². The van der Waals surface area contributed by atoms with E-state index in [9.17, 15) is 0 Å². The molecule has 0 bridgehead atoms. The fourth-order valence-corrected chi connectivity index (χ4v) is 4.51. The zero-order chi connectivity index (χ0) is 15.1. The maximum Gasteiger partial charge on any atom is 0.0250 e. The van der Waals surface area contributed by atoms with Crippen LogP contribution < -0.4 is 5.32 Å². The Morgan fingerprint density at radius 3 is 2.33 bits per heavy atom. The Hall–Kier alpha value is -0.120. The number of rotatable bonds is 6. The fraction of sp³-hybridized carbons (Fsp3) is 1.00. The van der Waals surface area contributed by atoms with Crippen molar-refractivity contribution in [2.45, 2.75) is 83.8 Å². The second-order valence-electron chi connectivity index (χ2n) is 6.88. The Kier molecular flexibility index (Phi) is 7.48. The number of likely N-dealkylation sites (tertiary alicyclic amines) is 1. The van der Waals surface area contributed by atoms with Gasteiger partial charge in [0.05, 0.1) is 0 Å². The summed E-state index contributed by atoms with van der Waals surface area (Å²) in [6.45, 7) is 13.0. The first-order chi connectivity index (χ1) is 10.3. The van der Waals surface area contributed by atoms with Crippen LogP contribution in [0, 0.1) is 0 Å². The average molecular weight is 296 g/mol. The molecule has 3 heteroatoms. The molecule has 1 saturated carbocycles. The van der Waals surface area contributed by atoms with Gasteiger partial charge < -0.3 is 5.32 Å². The molecule has 3 unspecified atom stereocenters. The molecule has 21 heavy (non-hydrogen) atoms. The van der Waals surface area contributed by atoms with Crippen LogP contribution in [0.5, 0.6) is 0 Å². The van der Waals surface area contributed by atoms with Crippen LogP contribution in [0.25, 0.3) is 0 Å². The summed E-state index contributed by atoms with van der Waals surface area (Å²) in [5.41, 5.74) is 0. The van der Waals surface area contributed by atoms with Crippen LogP contribution in [0.2, 0.25) is 0 Å². The van der Waals surface area contributed by atoms with Crippen molar-refractivity contribution >= 4 is 0 Å². The lowest BCUT2D eigenvalue weighted by atomic mass is 9.91. The molecule has 0 aromatic carbocycles. The van der Waals surface area contributed by atoms with Gasteiger partial charge in [0.15, 0.2) is 0 Å². The predicted molar refractivity (Wildman–Crippen MR) is 91.9 cm³/mol. The van der Waals surface area contributed by atoms with Crippen molar-refractivity contribution < 1.29 is 0 Å². The minimum Gasteiger partial charge on any atom is -0.313 e. The summed E-state index contributed by atoms with van der Waals surface area (Å²) in [7, 11) is 0. The zero-order valence-corrected chi connectivity index (χ0v) is 14.6. The molecule has 124 valence electrons. The molecule has 0 aromatic rings. The second-order valence-corrected chi connectivity index (χ2v) is 6.88. The smallest absolute Gasteiger partial charge is 0.0250 e. The maximum absolute atomic E-state index is 3.80. The summed E-state index contributed by atoms with van der Waals surface area (Å²) in [5.74, 6) is 0. The lowest BCUT2D eigenvalue weighted by Crippen LogP contribution is -2.50. The Labute approximate surface area is 132 Å². The molecule has 1 aliphatic heterocycles. The molecule has 0 spiro atoms. The molecule has 3 atom stereocenters. The molecule has 2 rings (SSSR count). The van der Waals surface area contributed by atoms with Gasteiger partial charge in [-0.2, -0.15) is 0 Å². The van der Waals surface area contributed by atoms with Crippen LogP contribution >= 0.6 is 0 Å². The van der Waals surface area contributed by atoms with Gasteiger partial charge in [-0.3, -0.25) is 9.80 Å². The van der Waals surface area contributed by atoms with Gasteiger partial charge in [0.1, 0.15) is 0 Å². The Bertz CT molecular complexity index is 278. The van der Waals surface area contributed by atoms with E-state index in [2.05, 4.69) is 35.9 Å². The molecular weight excluding hydrogens is 258 g/mol. The van der Waals surface area contributed by atoms with Crippen molar-refractivity contribution in [2.24, 2.45) is 0 Å². The summed E-state index contributed by atoms with van der Waals surface area (Å²) < 4.78 is 0. The average Bonchev–Trinajstić information content (AvgIpc) is 2.93. The Morgan fingerprint density at radius 2 is 1.67 bits per heavy atom. The summed E-state index contributed by atoms with van der Waals surface area (Å²) in [6, 6.07) is 2.31. The first-order valence-electron chi connectivity index (χ1n) is 9.51. The van der Waals surface area contributed by atoms with Gasteiger partial charge in [0.2, 0.25) is 0 Å².